The van der Waals surface area contributed by atoms with Crippen LogP contribution in [0.1, 0.15) is 42.7 Å². The van der Waals surface area contributed by atoms with Gasteiger partial charge in [-0.3, -0.25) is 0 Å². The molecule has 1 rings (SSSR count). The minimum absolute atomic E-state index is 0.375. The predicted octanol–water partition coefficient (Wildman–Crippen LogP) is 1.44. The SMILES string of the molecule is CCC(O)(CC)CNCc1c[nH]c(C(=O)OC)c1. The molecule has 0 aliphatic carbocycles. The Morgan fingerprint density at radius 3 is 2.72 bits per heavy atom. The number of hydrogen-bond acceptors (Lipinski definition) is 4. The molecule has 0 saturated carbocycles. The third-order valence-electron chi connectivity index (χ3n) is 3.25. The van der Waals surface area contributed by atoms with E-state index in [0.717, 1.165) is 18.4 Å². The van der Waals surface area contributed by atoms with Gasteiger partial charge in [0.15, 0.2) is 0 Å². The lowest BCUT2D eigenvalue weighted by atomic mass is 9.97. The van der Waals surface area contributed by atoms with Crippen LogP contribution in [0.15, 0.2) is 12.3 Å². The zero-order valence-corrected chi connectivity index (χ0v) is 11.2. The second-order valence-electron chi connectivity index (χ2n) is 4.45. The first kappa shape index (κ1) is 14.7. The third kappa shape index (κ3) is 3.85. The number of ether oxygens (including phenoxy) is 1. The zero-order chi connectivity index (χ0) is 13.6. The third-order valence-corrected chi connectivity index (χ3v) is 3.25. The Hall–Kier alpha value is -1.33. The Balaban J connectivity index is 2.45. The van der Waals surface area contributed by atoms with Gasteiger partial charge in [0, 0.05) is 19.3 Å². The van der Waals surface area contributed by atoms with Crippen LogP contribution >= 0.6 is 0 Å². The van der Waals surface area contributed by atoms with Crippen LogP contribution < -0.4 is 5.32 Å². The zero-order valence-electron chi connectivity index (χ0n) is 11.2. The molecule has 0 atom stereocenters. The van der Waals surface area contributed by atoms with Gasteiger partial charge in [-0.15, -0.1) is 0 Å². The first-order chi connectivity index (χ1) is 8.54. The van der Waals surface area contributed by atoms with E-state index in [1.54, 1.807) is 12.3 Å². The molecule has 1 aromatic rings. The van der Waals surface area contributed by atoms with E-state index < -0.39 is 5.60 Å². The van der Waals surface area contributed by atoms with E-state index in [1.165, 1.54) is 7.11 Å². The first-order valence-electron chi connectivity index (χ1n) is 6.23. The van der Waals surface area contributed by atoms with Crippen molar-refractivity contribution in [2.45, 2.75) is 38.8 Å². The van der Waals surface area contributed by atoms with Crippen LogP contribution in [0.25, 0.3) is 0 Å². The summed E-state index contributed by atoms with van der Waals surface area (Å²) in [5, 5.41) is 13.3. The van der Waals surface area contributed by atoms with Gasteiger partial charge in [-0.2, -0.15) is 0 Å². The highest BCUT2D eigenvalue weighted by Gasteiger charge is 2.21. The molecule has 1 aromatic heterocycles. The Morgan fingerprint density at radius 1 is 1.50 bits per heavy atom. The summed E-state index contributed by atoms with van der Waals surface area (Å²) in [6.45, 7) is 5.09. The van der Waals surface area contributed by atoms with E-state index in [1.807, 2.05) is 13.8 Å². The Morgan fingerprint density at radius 2 is 2.17 bits per heavy atom. The van der Waals surface area contributed by atoms with E-state index in [2.05, 4.69) is 15.0 Å². The number of esters is 1. The number of hydrogen-bond donors (Lipinski definition) is 3. The van der Waals surface area contributed by atoms with Crippen molar-refractivity contribution in [1.29, 1.82) is 0 Å². The van der Waals surface area contributed by atoms with Crippen LogP contribution in [0.3, 0.4) is 0 Å². The van der Waals surface area contributed by atoms with Crippen molar-refractivity contribution >= 4 is 5.97 Å². The highest BCUT2D eigenvalue weighted by atomic mass is 16.5. The molecule has 0 aromatic carbocycles. The number of aliphatic hydroxyl groups is 1. The fourth-order valence-corrected chi connectivity index (χ4v) is 1.71. The van der Waals surface area contributed by atoms with Gasteiger partial charge in [-0.05, 0) is 24.5 Å². The highest BCUT2D eigenvalue weighted by Crippen LogP contribution is 2.13. The molecule has 0 unspecified atom stereocenters. The van der Waals surface area contributed by atoms with Gasteiger partial charge in [-0.1, -0.05) is 13.8 Å². The van der Waals surface area contributed by atoms with Crippen LogP contribution in [-0.4, -0.2) is 35.3 Å². The van der Waals surface area contributed by atoms with Crippen molar-refractivity contribution in [3.63, 3.8) is 0 Å². The maximum atomic E-state index is 11.2. The standard InChI is InChI=1S/C13H22N2O3/c1-4-13(17,5-2)9-14-7-10-6-11(15-8-10)12(16)18-3/h6,8,14-15,17H,4-5,7,9H2,1-3H3. The average molecular weight is 254 g/mol. The number of H-pyrrole nitrogens is 1. The number of nitrogens with one attached hydrogen (secondary N) is 2. The van der Waals surface area contributed by atoms with E-state index in [9.17, 15) is 9.90 Å². The summed E-state index contributed by atoms with van der Waals surface area (Å²) in [6.07, 6.45) is 3.20. The molecule has 102 valence electrons. The largest absolute Gasteiger partial charge is 0.464 e. The molecule has 0 aliphatic rings. The molecule has 0 aliphatic heterocycles. The predicted molar refractivity (Wildman–Crippen MR) is 69.4 cm³/mol. The molecule has 0 amide bonds. The molecule has 0 saturated heterocycles. The van der Waals surface area contributed by atoms with Crippen molar-refractivity contribution in [3.05, 3.63) is 23.5 Å². The summed E-state index contributed by atoms with van der Waals surface area (Å²) in [6, 6.07) is 1.75. The number of methoxy groups -OCH3 is 1. The maximum absolute atomic E-state index is 11.2. The minimum Gasteiger partial charge on any atom is -0.464 e. The van der Waals surface area contributed by atoms with Gasteiger partial charge in [0.25, 0.3) is 0 Å². The van der Waals surface area contributed by atoms with Gasteiger partial charge in [-0.25, -0.2) is 4.79 Å². The van der Waals surface area contributed by atoms with E-state index in [4.69, 9.17) is 0 Å². The van der Waals surface area contributed by atoms with Crippen LogP contribution in [0, 0.1) is 0 Å². The fourth-order valence-electron chi connectivity index (χ4n) is 1.71. The van der Waals surface area contributed by atoms with Crippen LogP contribution in [0.2, 0.25) is 0 Å². The molecule has 0 bridgehead atoms. The van der Waals surface area contributed by atoms with E-state index in [-0.39, 0.29) is 5.97 Å². The summed E-state index contributed by atoms with van der Waals surface area (Å²) in [7, 11) is 1.35. The van der Waals surface area contributed by atoms with Gasteiger partial charge >= 0.3 is 5.97 Å². The number of rotatable bonds is 7. The van der Waals surface area contributed by atoms with Crippen LogP contribution in [0.5, 0.6) is 0 Å². The van der Waals surface area contributed by atoms with Gasteiger partial charge in [0.05, 0.1) is 12.7 Å². The maximum Gasteiger partial charge on any atom is 0.354 e. The van der Waals surface area contributed by atoms with Crippen molar-refractivity contribution in [3.8, 4) is 0 Å². The Kier molecular flexibility index (Phi) is 5.37. The van der Waals surface area contributed by atoms with Crippen molar-refractivity contribution in [1.82, 2.24) is 10.3 Å². The van der Waals surface area contributed by atoms with Gasteiger partial charge < -0.3 is 20.1 Å². The molecule has 18 heavy (non-hydrogen) atoms. The van der Waals surface area contributed by atoms with Gasteiger partial charge in [0.2, 0.25) is 0 Å². The number of aromatic amines is 1. The summed E-state index contributed by atoms with van der Waals surface area (Å²) in [4.78, 5) is 14.1. The lowest BCUT2D eigenvalue weighted by Crippen LogP contribution is -2.39. The second-order valence-corrected chi connectivity index (χ2v) is 4.45. The quantitative estimate of drug-likeness (QED) is 0.644. The second kappa shape index (κ2) is 6.56. The number of carbonyl (C=O) groups is 1. The fraction of sp³-hybridized carbons (Fsp3) is 0.615. The number of carbonyl (C=O) groups excluding carboxylic acids is 1. The number of aromatic nitrogens is 1. The topological polar surface area (TPSA) is 74.4 Å². The highest BCUT2D eigenvalue weighted by molar-refractivity contribution is 5.87. The molecular weight excluding hydrogens is 232 g/mol. The first-order valence-corrected chi connectivity index (χ1v) is 6.23. The average Bonchev–Trinajstić information content (AvgIpc) is 2.86. The minimum atomic E-state index is -0.651. The monoisotopic (exact) mass is 254 g/mol. The molecule has 3 N–H and O–H groups in total. The Labute approximate surface area is 108 Å². The van der Waals surface area contributed by atoms with Crippen LogP contribution in [-0.2, 0) is 11.3 Å². The van der Waals surface area contributed by atoms with Crippen molar-refractivity contribution < 1.29 is 14.6 Å². The molecule has 5 nitrogen and oxygen atoms in total. The van der Waals surface area contributed by atoms with Crippen molar-refractivity contribution in [2.75, 3.05) is 13.7 Å². The summed E-state index contributed by atoms with van der Waals surface area (Å²) >= 11 is 0. The molecule has 5 heteroatoms. The van der Waals surface area contributed by atoms with Gasteiger partial charge in [0.1, 0.15) is 5.69 Å². The smallest absolute Gasteiger partial charge is 0.354 e. The van der Waals surface area contributed by atoms with E-state index >= 15 is 0 Å². The summed E-state index contributed by atoms with van der Waals surface area (Å²) in [5.41, 5.74) is 0.752. The summed E-state index contributed by atoms with van der Waals surface area (Å²) in [5.74, 6) is -0.375. The molecule has 0 fully saturated rings. The normalized spacial score (nSPS) is 11.6. The molecule has 1 heterocycles. The molecule has 0 spiro atoms. The molecule has 0 radical (unpaired) electrons. The summed E-state index contributed by atoms with van der Waals surface area (Å²) < 4.78 is 4.61. The van der Waals surface area contributed by atoms with Crippen molar-refractivity contribution in [2.24, 2.45) is 0 Å². The van der Waals surface area contributed by atoms with E-state index in [0.29, 0.717) is 18.8 Å². The Bertz CT molecular complexity index is 383. The lowest BCUT2D eigenvalue weighted by Gasteiger charge is -2.25. The van der Waals surface area contributed by atoms with Crippen LogP contribution in [0.4, 0.5) is 0 Å². The lowest BCUT2D eigenvalue weighted by molar-refractivity contribution is 0.0323. The molecular formula is C13H22N2O3.